The summed E-state index contributed by atoms with van der Waals surface area (Å²) in [6.45, 7) is 8.84. The maximum Gasteiger partial charge on any atom is 0.203 e. The molecule has 1 aromatic heterocycles. The van der Waals surface area contributed by atoms with E-state index in [-0.39, 0.29) is 0 Å². The SMILES string of the molecule is C=CCNc1nccn1C(C)CCC. The van der Waals surface area contributed by atoms with Crippen molar-refractivity contribution in [3.63, 3.8) is 0 Å². The zero-order valence-corrected chi connectivity index (χ0v) is 9.03. The van der Waals surface area contributed by atoms with E-state index in [0.29, 0.717) is 6.04 Å². The van der Waals surface area contributed by atoms with Crippen LogP contribution in [0.15, 0.2) is 25.0 Å². The Morgan fingerprint density at radius 2 is 2.50 bits per heavy atom. The lowest BCUT2D eigenvalue weighted by Gasteiger charge is -2.15. The van der Waals surface area contributed by atoms with E-state index in [1.807, 2.05) is 18.5 Å². The van der Waals surface area contributed by atoms with Gasteiger partial charge in [0, 0.05) is 25.0 Å². The summed E-state index contributed by atoms with van der Waals surface area (Å²) < 4.78 is 2.17. The van der Waals surface area contributed by atoms with Crippen LogP contribution < -0.4 is 5.32 Å². The number of anilines is 1. The number of imidazole rings is 1. The van der Waals surface area contributed by atoms with Crippen LogP contribution >= 0.6 is 0 Å². The molecular weight excluding hydrogens is 174 g/mol. The van der Waals surface area contributed by atoms with Crippen LogP contribution in [0.1, 0.15) is 32.7 Å². The third kappa shape index (κ3) is 2.62. The number of rotatable bonds is 6. The molecule has 1 aromatic rings. The fourth-order valence-electron chi connectivity index (χ4n) is 1.53. The van der Waals surface area contributed by atoms with E-state index in [1.54, 1.807) is 0 Å². The lowest BCUT2D eigenvalue weighted by Crippen LogP contribution is -2.10. The smallest absolute Gasteiger partial charge is 0.203 e. The van der Waals surface area contributed by atoms with Gasteiger partial charge in [-0.25, -0.2) is 4.98 Å². The van der Waals surface area contributed by atoms with Crippen LogP contribution in [0.5, 0.6) is 0 Å². The Balaban J connectivity index is 2.65. The van der Waals surface area contributed by atoms with E-state index in [1.165, 1.54) is 12.8 Å². The van der Waals surface area contributed by atoms with Gasteiger partial charge in [0.15, 0.2) is 0 Å². The quantitative estimate of drug-likeness (QED) is 0.704. The van der Waals surface area contributed by atoms with Gasteiger partial charge in [-0.2, -0.15) is 0 Å². The lowest BCUT2D eigenvalue weighted by atomic mass is 10.2. The molecule has 0 saturated heterocycles. The second-order valence-corrected chi connectivity index (χ2v) is 3.47. The van der Waals surface area contributed by atoms with Crippen molar-refractivity contribution >= 4 is 5.95 Å². The van der Waals surface area contributed by atoms with Crippen LogP contribution in [0.2, 0.25) is 0 Å². The van der Waals surface area contributed by atoms with Gasteiger partial charge in [-0.05, 0) is 13.3 Å². The van der Waals surface area contributed by atoms with Gasteiger partial charge in [-0.1, -0.05) is 19.4 Å². The predicted molar refractivity (Wildman–Crippen MR) is 60.5 cm³/mol. The van der Waals surface area contributed by atoms with Crippen molar-refractivity contribution in [2.45, 2.75) is 32.7 Å². The largest absolute Gasteiger partial charge is 0.352 e. The topological polar surface area (TPSA) is 29.9 Å². The summed E-state index contributed by atoms with van der Waals surface area (Å²) in [5.74, 6) is 0.936. The Bertz CT molecular complexity index is 278. The highest BCUT2D eigenvalue weighted by Gasteiger charge is 2.07. The minimum Gasteiger partial charge on any atom is -0.352 e. The van der Waals surface area contributed by atoms with E-state index >= 15 is 0 Å². The third-order valence-electron chi connectivity index (χ3n) is 2.25. The van der Waals surface area contributed by atoms with Crippen LogP contribution in [-0.2, 0) is 0 Å². The number of nitrogens with one attached hydrogen (secondary N) is 1. The number of nitrogens with zero attached hydrogens (tertiary/aromatic N) is 2. The Morgan fingerprint density at radius 1 is 1.71 bits per heavy atom. The van der Waals surface area contributed by atoms with Crippen molar-refractivity contribution in [3.8, 4) is 0 Å². The van der Waals surface area contributed by atoms with E-state index in [4.69, 9.17) is 0 Å². The van der Waals surface area contributed by atoms with Crippen molar-refractivity contribution in [1.29, 1.82) is 0 Å². The van der Waals surface area contributed by atoms with Crippen molar-refractivity contribution in [3.05, 3.63) is 25.0 Å². The summed E-state index contributed by atoms with van der Waals surface area (Å²) >= 11 is 0. The maximum absolute atomic E-state index is 4.26. The minimum atomic E-state index is 0.509. The molecule has 1 rings (SSSR count). The van der Waals surface area contributed by atoms with Crippen LogP contribution in [0.4, 0.5) is 5.95 Å². The molecule has 0 fully saturated rings. The average Bonchev–Trinajstić information content (AvgIpc) is 2.63. The van der Waals surface area contributed by atoms with Gasteiger partial charge in [0.1, 0.15) is 0 Å². The number of aromatic nitrogens is 2. The maximum atomic E-state index is 4.26. The van der Waals surface area contributed by atoms with Gasteiger partial charge in [0.05, 0.1) is 0 Å². The minimum absolute atomic E-state index is 0.509. The Labute approximate surface area is 85.8 Å². The van der Waals surface area contributed by atoms with Gasteiger partial charge in [0.25, 0.3) is 0 Å². The highest BCUT2D eigenvalue weighted by Crippen LogP contribution is 2.17. The Kier molecular flexibility index (Phi) is 4.23. The molecule has 0 bridgehead atoms. The lowest BCUT2D eigenvalue weighted by molar-refractivity contribution is 0.505. The second-order valence-electron chi connectivity index (χ2n) is 3.47. The fraction of sp³-hybridized carbons (Fsp3) is 0.545. The molecular formula is C11H19N3. The first-order valence-corrected chi connectivity index (χ1v) is 5.17. The molecule has 0 saturated carbocycles. The van der Waals surface area contributed by atoms with Gasteiger partial charge >= 0.3 is 0 Å². The first-order valence-electron chi connectivity index (χ1n) is 5.17. The van der Waals surface area contributed by atoms with Gasteiger partial charge < -0.3 is 9.88 Å². The van der Waals surface area contributed by atoms with Gasteiger partial charge in [0.2, 0.25) is 5.95 Å². The highest BCUT2D eigenvalue weighted by molar-refractivity contribution is 5.27. The normalized spacial score (nSPS) is 12.4. The van der Waals surface area contributed by atoms with Crippen molar-refractivity contribution < 1.29 is 0 Å². The molecule has 0 radical (unpaired) electrons. The summed E-state index contributed by atoms with van der Waals surface area (Å²) in [7, 11) is 0. The first kappa shape index (κ1) is 10.8. The van der Waals surface area contributed by atoms with E-state index in [2.05, 4.69) is 35.3 Å². The molecule has 0 aliphatic carbocycles. The van der Waals surface area contributed by atoms with Crippen LogP contribution in [-0.4, -0.2) is 16.1 Å². The summed E-state index contributed by atoms with van der Waals surface area (Å²) in [4.78, 5) is 4.26. The zero-order chi connectivity index (χ0) is 10.4. The molecule has 0 aliphatic heterocycles. The molecule has 3 nitrogen and oxygen atoms in total. The average molecular weight is 193 g/mol. The Hall–Kier alpha value is -1.25. The van der Waals surface area contributed by atoms with Crippen LogP contribution in [0.25, 0.3) is 0 Å². The molecule has 78 valence electrons. The molecule has 14 heavy (non-hydrogen) atoms. The summed E-state index contributed by atoms with van der Waals surface area (Å²) in [6.07, 6.45) is 8.06. The van der Waals surface area contributed by atoms with E-state index < -0.39 is 0 Å². The van der Waals surface area contributed by atoms with Gasteiger partial charge in [-0.15, -0.1) is 6.58 Å². The van der Waals surface area contributed by atoms with Crippen LogP contribution in [0.3, 0.4) is 0 Å². The highest BCUT2D eigenvalue weighted by atomic mass is 15.2. The molecule has 0 aromatic carbocycles. The molecule has 0 aliphatic rings. The molecule has 1 heterocycles. The molecule has 0 spiro atoms. The predicted octanol–water partition coefficient (Wildman–Crippen LogP) is 2.84. The zero-order valence-electron chi connectivity index (χ0n) is 9.03. The third-order valence-corrected chi connectivity index (χ3v) is 2.25. The molecule has 3 heteroatoms. The van der Waals surface area contributed by atoms with Crippen molar-refractivity contribution in [2.75, 3.05) is 11.9 Å². The molecule has 0 amide bonds. The number of hydrogen-bond donors (Lipinski definition) is 1. The molecule has 1 unspecified atom stereocenters. The standard InChI is InChI=1S/C11H19N3/c1-4-6-10(3)14-9-8-13-11(14)12-7-5-2/h5,8-10H,2,4,6-7H2,1,3H3,(H,12,13). The monoisotopic (exact) mass is 193 g/mol. The van der Waals surface area contributed by atoms with E-state index in [0.717, 1.165) is 12.5 Å². The first-order chi connectivity index (χ1) is 6.79. The fourth-order valence-corrected chi connectivity index (χ4v) is 1.53. The van der Waals surface area contributed by atoms with Crippen molar-refractivity contribution in [2.24, 2.45) is 0 Å². The van der Waals surface area contributed by atoms with Gasteiger partial charge in [-0.3, -0.25) is 0 Å². The van der Waals surface area contributed by atoms with E-state index in [9.17, 15) is 0 Å². The summed E-state index contributed by atoms with van der Waals surface area (Å²) in [5, 5.41) is 3.22. The van der Waals surface area contributed by atoms with Crippen molar-refractivity contribution in [1.82, 2.24) is 9.55 Å². The summed E-state index contributed by atoms with van der Waals surface area (Å²) in [5.41, 5.74) is 0. The molecule has 1 N–H and O–H groups in total. The summed E-state index contributed by atoms with van der Waals surface area (Å²) in [6, 6.07) is 0.509. The molecule has 1 atom stereocenters. The second kappa shape index (κ2) is 5.47. The van der Waals surface area contributed by atoms with Crippen LogP contribution in [0, 0.1) is 0 Å². The number of hydrogen-bond acceptors (Lipinski definition) is 2. The Morgan fingerprint density at radius 3 is 3.14 bits per heavy atom.